The average molecular weight is 188 g/mol. The van der Waals surface area contributed by atoms with Gasteiger partial charge < -0.3 is 14.9 Å². The Morgan fingerprint density at radius 1 is 1.69 bits per heavy atom. The molecule has 3 atom stereocenters. The molecule has 1 rings (SSSR count). The van der Waals surface area contributed by atoms with Gasteiger partial charge in [-0.15, -0.1) is 0 Å². The van der Waals surface area contributed by atoms with E-state index in [1.54, 1.807) is 0 Å². The number of aliphatic hydroxyl groups is 1. The topological polar surface area (TPSA) is 66.8 Å². The van der Waals surface area contributed by atoms with Crippen LogP contribution in [0, 0.1) is 5.92 Å². The summed E-state index contributed by atoms with van der Waals surface area (Å²) in [5.74, 6) is -1.27. The van der Waals surface area contributed by atoms with Crippen molar-refractivity contribution in [2.45, 2.75) is 38.4 Å². The van der Waals surface area contributed by atoms with Gasteiger partial charge in [-0.25, -0.2) is 4.79 Å². The van der Waals surface area contributed by atoms with Crippen LogP contribution in [0.5, 0.6) is 0 Å². The normalized spacial score (nSPS) is 31.2. The minimum atomic E-state index is -1.22. The van der Waals surface area contributed by atoms with Crippen LogP contribution in [0.1, 0.15) is 26.2 Å². The molecule has 0 aromatic heterocycles. The van der Waals surface area contributed by atoms with E-state index in [2.05, 4.69) is 0 Å². The van der Waals surface area contributed by atoms with Crippen molar-refractivity contribution in [1.82, 2.24) is 0 Å². The van der Waals surface area contributed by atoms with Gasteiger partial charge in [0.05, 0.1) is 6.10 Å². The first-order chi connectivity index (χ1) is 6.15. The van der Waals surface area contributed by atoms with Crippen LogP contribution >= 0.6 is 0 Å². The minimum absolute atomic E-state index is 0.118. The molecule has 0 saturated carbocycles. The van der Waals surface area contributed by atoms with Crippen molar-refractivity contribution in [3.8, 4) is 0 Å². The van der Waals surface area contributed by atoms with Gasteiger partial charge in [0.25, 0.3) is 0 Å². The molecule has 4 nitrogen and oxygen atoms in total. The van der Waals surface area contributed by atoms with Gasteiger partial charge in [0.1, 0.15) is 0 Å². The van der Waals surface area contributed by atoms with Crippen molar-refractivity contribution in [3.63, 3.8) is 0 Å². The van der Waals surface area contributed by atoms with Crippen LogP contribution in [-0.4, -0.2) is 35.0 Å². The van der Waals surface area contributed by atoms with Crippen LogP contribution < -0.4 is 0 Å². The SMILES string of the molecule is CCC1CC(C(O)C(=O)O)CCO1. The summed E-state index contributed by atoms with van der Waals surface area (Å²) in [7, 11) is 0. The first-order valence-corrected chi connectivity index (χ1v) is 4.67. The summed E-state index contributed by atoms with van der Waals surface area (Å²) in [6, 6.07) is 0. The molecule has 2 N–H and O–H groups in total. The van der Waals surface area contributed by atoms with E-state index in [-0.39, 0.29) is 12.0 Å². The van der Waals surface area contributed by atoms with Crippen molar-refractivity contribution in [2.24, 2.45) is 5.92 Å². The molecule has 1 heterocycles. The van der Waals surface area contributed by atoms with Gasteiger partial charge in [-0.05, 0) is 19.3 Å². The van der Waals surface area contributed by atoms with E-state index in [1.807, 2.05) is 6.92 Å². The van der Waals surface area contributed by atoms with Crippen LogP contribution in [0.25, 0.3) is 0 Å². The maximum atomic E-state index is 10.5. The van der Waals surface area contributed by atoms with Crippen LogP contribution in [0.2, 0.25) is 0 Å². The molecule has 1 fully saturated rings. The third-order valence-corrected chi connectivity index (χ3v) is 2.56. The Morgan fingerprint density at radius 2 is 2.38 bits per heavy atom. The zero-order valence-corrected chi connectivity index (χ0v) is 7.77. The minimum Gasteiger partial charge on any atom is -0.479 e. The lowest BCUT2D eigenvalue weighted by atomic mass is 9.89. The lowest BCUT2D eigenvalue weighted by molar-refractivity contribution is -0.153. The summed E-state index contributed by atoms with van der Waals surface area (Å²) < 4.78 is 5.38. The van der Waals surface area contributed by atoms with Gasteiger partial charge in [0.15, 0.2) is 6.10 Å². The predicted molar refractivity (Wildman–Crippen MR) is 46.4 cm³/mol. The summed E-state index contributed by atoms with van der Waals surface area (Å²) in [6.07, 6.45) is 1.07. The van der Waals surface area contributed by atoms with E-state index in [1.165, 1.54) is 0 Å². The third kappa shape index (κ3) is 2.67. The average Bonchev–Trinajstić information content (AvgIpc) is 2.16. The molecule has 13 heavy (non-hydrogen) atoms. The highest BCUT2D eigenvalue weighted by Crippen LogP contribution is 2.24. The Labute approximate surface area is 77.5 Å². The van der Waals surface area contributed by atoms with Gasteiger partial charge in [-0.3, -0.25) is 0 Å². The first kappa shape index (κ1) is 10.5. The fourth-order valence-corrected chi connectivity index (χ4v) is 1.68. The Balaban J connectivity index is 2.46. The summed E-state index contributed by atoms with van der Waals surface area (Å²) in [5.41, 5.74) is 0. The highest BCUT2D eigenvalue weighted by molar-refractivity contribution is 5.72. The van der Waals surface area contributed by atoms with E-state index in [4.69, 9.17) is 9.84 Å². The summed E-state index contributed by atoms with van der Waals surface area (Å²) in [6.45, 7) is 2.56. The lowest BCUT2D eigenvalue weighted by Crippen LogP contribution is -2.36. The Kier molecular flexibility index (Phi) is 3.69. The second-order valence-electron chi connectivity index (χ2n) is 3.47. The van der Waals surface area contributed by atoms with Gasteiger partial charge in [0, 0.05) is 12.5 Å². The van der Waals surface area contributed by atoms with Crippen molar-refractivity contribution < 1.29 is 19.7 Å². The maximum Gasteiger partial charge on any atom is 0.332 e. The number of rotatable bonds is 3. The van der Waals surface area contributed by atoms with Crippen LogP contribution in [0.3, 0.4) is 0 Å². The molecule has 0 radical (unpaired) electrons. The smallest absolute Gasteiger partial charge is 0.332 e. The van der Waals surface area contributed by atoms with Gasteiger partial charge in [-0.2, -0.15) is 0 Å². The van der Waals surface area contributed by atoms with E-state index in [0.29, 0.717) is 19.4 Å². The molecular weight excluding hydrogens is 172 g/mol. The number of carbonyl (C=O) groups is 1. The van der Waals surface area contributed by atoms with Gasteiger partial charge in [0.2, 0.25) is 0 Å². The molecule has 1 saturated heterocycles. The quantitative estimate of drug-likeness (QED) is 0.682. The fraction of sp³-hybridized carbons (Fsp3) is 0.889. The van der Waals surface area contributed by atoms with Crippen molar-refractivity contribution >= 4 is 5.97 Å². The van der Waals surface area contributed by atoms with Crippen molar-refractivity contribution in [1.29, 1.82) is 0 Å². The van der Waals surface area contributed by atoms with Gasteiger partial charge >= 0.3 is 5.97 Å². The maximum absolute atomic E-state index is 10.5. The number of ether oxygens (including phenoxy) is 1. The zero-order chi connectivity index (χ0) is 9.84. The van der Waals surface area contributed by atoms with E-state index < -0.39 is 12.1 Å². The molecule has 3 unspecified atom stereocenters. The van der Waals surface area contributed by atoms with Crippen molar-refractivity contribution in [3.05, 3.63) is 0 Å². The third-order valence-electron chi connectivity index (χ3n) is 2.56. The number of hydrogen-bond donors (Lipinski definition) is 2. The molecule has 0 spiro atoms. The Morgan fingerprint density at radius 3 is 2.92 bits per heavy atom. The molecule has 0 aromatic rings. The second kappa shape index (κ2) is 4.58. The van der Waals surface area contributed by atoms with Crippen LogP contribution in [0.15, 0.2) is 0 Å². The second-order valence-corrected chi connectivity index (χ2v) is 3.47. The van der Waals surface area contributed by atoms with Crippen LogP contribution in [0.4, 0.5) is 0 Å². The summed E-state index contributed by atoms with van der Waals surface area (Å²) in [4.78, 5) is 10.5. The number of aliphatic hydroxyl groups excluding tert-OH is 1. The Hall–Kier alpha value is -0.610. The summed E-state index contributed by atoms with van der Waals surface area (Å²) in [5, 5.41) is 17.9. The highest BCUT2D eigenvalue weighted by atomic mass is 16.5. The van der Waals surface area contributed by atoms with Crippen LogP contribution in [-0.2, 0) is 9.53 Å². The molecule has 4 heteroatoms. The van der Waals surface area contributed by atoms with E-state index >= 15 is 0 Å². The number of carboxylic acids is 1. The Bertz CT molecular complexity index is 180. The molecule has 0 aromatic carbocycles. The van der Waals surface area contributed by atoms with Gasteiger partial charge in [-0.1, -0.05) is 6.92 Å². The fourth-order valence-electron chi connectivity index (χ4n) is 1.68. The molecule has 1 aliphatic heterocycles. The van der Waals surface area contributed by atoms with Crippen molar-refractivity contribution in [2.75, 3.05) is 6.61 Å². The molecule has 0 bridgehead atoms. The zero-order valence-electron chi connectivity index (χ0n) is 7.77. The molecule has 0 aliphatic carbocycles. The van der Waals surface area contributed by atoms with E-state index in [9.17, 15) is 9.90 Å². The number of carboxylic acid groups (broad SMARTS) is 1. The molecule has 1 aliphatic rings. The number of hydrogen-bond acceptors (Lipinski definition) is 3. The predicted octanol–water partition coefficient (Wildman–Crippen LogP) is 0.637. The highest BCUT2D eigenvalue weighted by Gasteiger charge is 2.30. The number of aliphatic carboxylic acids is 1. The largest absolute Gasteiger partial charge is 0.479 e. The molecular formula is C9H16O4. The standard InChI is InChI=1S/C9H16O4/c1-2-7-5-6(3-4-13-7)8(10)9(11)12/h6-8,10H,2-5H2,1H3,(H,11,12). The molecule has 0 amide bonds. The van der Waals surface area contributed by atoms with E-state index in [0.717, 1.165) is 6.42 Å². The lowest BCUT2D eigenvalue weighted by Gasteiger charge is -2.30. The molecule has 76 valence electrons. The summed E-state index contributed by atoms with van der Waals surface area (Å²) >= 11 is 0. The monoisotopic (exact) mass is 188 g/mol. The first-order valence-electron chi connectivity index (χ1n) is 4.67.